The first-order valence-electron chi connectivity index (χ1n) is 7.07. The molecule has 1 amide bonds. The van der Waals surface area contributed by atoms with E-state index in [0.717, 1.165) is 19.3 Å². The Morgan fingerprint density at radius 3 is 2.58 bits per heavy atom. The van der Waals surface area contributed by atoms with E-state index >= 15 is 0 Å². The molecule has 1 saturated heterocycles. The van der Waals surface area contributed by atoms with E-state index in [1.54, 1.807) is 4.90 Å². The second-order valence-corrected chi connectivity index (χ2v) is 6.79. The zero-order valence-corrected chi connectivity index (χ0v) is 12.0. The standard InChI is InChI=1S/C14H24N2O3/c1-14(2,3)15-7-11(17)16-8-9-5-4-6-10(9)12(16)13(18)19/h9-10,12,15H,4-8H2,1-3H3,(H,18,19). The molecule has 0 spiro atoms. The van der Waals surface area contributed by atoms with E-state index < -0.39 is 12.0 Å². The topological polar surface area (TPSA) is 69.6 Å². The van der Waals surface area contributed by atoms with Gasteiger partial charge in [0.05, 0.1) is 6.54 Å². The van der Waals surface area contributed by atoms with Crippen LogP contribution in [0.25, 0.3) is 0 Å². The molecule has 0 aromatic heterocycles. The first-order chi connectivity index (χ1) is 8.79. The molecule has 0 bridgehead atoms. The summed E-state index contributed by atoms with van der Waals surface area (Å²) in [5, 5.41) is 12.5. The van der Waals surface area contributed by atoms with Crippen molar-refractivity contribution in [2.45, 2.75) is 51.6 Å². The third kappa shape index (κ3) is 3.08. The van der Waals surface area contributed by atoms with Gasteiger partial charge in [-0.1, -0.05) is 6.42 Å². The number of amides is 1. The lowest BCUT2D eigenvalue weighted by Crippen LogP contribution is -2.49. The summed E-state index contributed by atoms with van der Waals surface area (Å²) >= 11 is 0. The number of hydrogen-bond acceptors (Lipinski definition) is 3. The van der Waals surface area contributed by atoms with Crippen molar-refractivity contribution < 1.29 is 14.7 Å². The first-order valence-corrected chi connectivity index (χ1v) is 7.07. The maximum atomic E-state index is 12.2. The van der Waals surface area contributed by atoms with Crippen molar-refractivity contribution in [1.29, 1.82) is 0 Å². The van der Waals surface area contributed by atoms with Gasteiger partial charge in [0, 0.05) is 12.1 Å². The summed E-state index contributed by atoms with van der Waals surface area (Å²) in [6.07, 6.45) is 3.10. The van der Waals surface area contributed by atoms with E-state index in [1.165, 1.54) is 0 Å². The smallest absolute Gasteiger partial charge is 0.326 e. The maximum Gasteiger partial charge on any atom is 0.326 e. The molecule has 2 rings (SSSR count). The van der Waals surface area contributed by atoms with Crippen LogP contribution in [-0.4, -0.2) is 46.6 Å². The Morgan fingerprint density at radius 1 is 1.32 bits per heavy atom. The van der Waals surface area contributed by atoms with Crippen molar-refractivity contribution in [1.82, 2.24) is 10.2 Å². The Bertz CT molecular complexity index is 375. The third-order valence-electron chi connectivity index (χ3n) is 4.23. The summed E-state index contributed by atoms with van der Waals surface area (Å²) in [5.74, 6) is -0.383. The number of rotatable bonds is 3. The van der Waals surface area contributed by atoms with Gasteiger partial charge in [0.15, 0.2) is 0 Å². The number of nitrogens with zero attached hydrogens (tertiary/aromatic N) is 1. The van der Waals surface area contributed by atoms with Crippen LogP contribution in [0.2, 0.25) is 0 Å². The lowest BCUT2D eigenvalue weighted by Gasteiger charge is -2.27. The van der Waals surface area contributed by atoms with Crippen LogP contribution in [0.1, 0.15) is 40.0 Å². The molecule has 5 nitrogen and oxygen atoms in total. The second-order valence-electron chi connectivity index (χ2n) is 6.79. The molecule has 2 fully saturated rings. The van der Waals surface area contributed by atoms with Crippen molar-refractivity contribution in [3.05, 3.63) is 0 Å². The summed E-state index contributed by atoms with van der Waals surface area (Å²) < 4.78 is 0. The van der Waals surface area contributed by atoms with Crippen molar-refractivity contribution in [3.8, 4) is 0 Å². The summed E-state index contributed by atoms with van der Waals surface area (Å²) in [6, 6.07) is -0.609. The monoisotopic (exact) mass is 268 g/mol. The van der Waals surface area contributed by atoms with Crippen LogP contribution in [0.15, 0.2) is 0 Å². The fourth-order valence-corrected chi connectivity index (χ4v) is 3.32. The molecule has 1 saturated carbocycles. The molecule has 5 heteroatoms. The highest BCUT2D eigenvalue weighted by atomic mass is 16.4. The van der Waals surface area contributed by atoms with Gasteiger partial charge in [-0.2, -0.15) is 0 Å². The van der Waals surface area contributed by atoms with E-state index in [0.29, 0.717) is 12.5 Å². The van der Waals surface area contributed by atoms with Crippen LogP contribution in [0.3, 0.4) is 0 Å². The van der Waals surface area contributed by atoms with Gasteiger partial charge < -0.3 is 15.3 Å². The molecule has 0 aromatic rings. The second kappa shape index (κ2) is 5.12. The highest BCUT2D eigenvalue weighted by Gasteiger charge is 2.49. The maximum absolute atomic E-state index is 12.2. The molecule has 1 heterocycles. The molecule has 3 unspecified atom stereocenters. The Hall–Kier alpha value is -1.10. The summed E-state index contributed by atoms with van der Waals surface area (Å²) in [7, 11) is 0. The molecule has 19 heavy (non-hydrogen) atoms. The average Bonchev–Trinajstić information content (AvgIpc) is 2.82. The lowest BCUT2D eigenvalue weighted by atomic mass is 9.94. The van der Waals surface area contributed by atoms with E-state index in [-0.39, 0.29) is 23.9 Å². The molecule has 2 aliphatic rings. The molecule has 0 radical (unpaired) electrons. The Kier molecular flexibility index (Phi) is 3.85. The number of carboxylic acids is 1. The van der Waals surface area contributed by atoms with Crippen molar-refractivity contribution >= 4 is 11.9 Å². The number of fused-ring (bicyclic) bond motifs is 1. The van der Waals surface area contributed by atoms with Gasteiger partial charge in [0.2, 0.25) is 5.91 Å². The van der Waals surface area contributed by atoms with Crippen molar-refractivity contribution in [2.24, 2.45) is 11.8 Å². The minimum absolute atomic E-state index is 0.0864. The van der Waals surface area contributed by atoms with Crippen LogP contribution in [0.5, 0.6) is 0 Å². The zero-order valence-electron chi connectivity index (χ0n) is 12.0. The highest BCUT2D eigenvalue weighted by Crippen LogP contribution is 2.42. The minimum Gasteiger partial charge on any atom is -0.480 e. The molecule has 1 aliphatic heterocycles. The summed E-state index contributed by atoms with van der Waals surface area (Å²) in [6.45, 7) is 6.81. The number of hydrogen-bond donors (Lipinski definition) is 2. The van der Waals surface area contributed by atoms with Gasteiger partial charge >= 0.3 is 5.97 Å². The number of nitrogens with one attached hydrogen (secondary N) is 1. The van der Waals surface area contributed by atoms with E-state index in [2.05, 4.69) is 5.32 Å². The number of likely N-dealkylation sites (tertiary alicyclic amines) is 1. The fraction of sp³-hybridized carbons (Fsp3) is 0.857. The number of carbonyl (C=O) groups is 2. The van der Waals surface area contributed by atoms with Crippen LogP contribution in [-0.2, 0) is 9.59 Å². The SMILES string of the molecule is CC(C)(C)NCC(=O)N1CC2CCCC2C1C(=O)O. The normalized spacial score (nSPS) is 30.5. The van der Waals surface area contributed by atoms with Gasteiger partial charge in [-0.15, -0.1) is 0 Å². The minimum atomic E-state index is -0.849. The Labute approximate surface area is 114 Å². The van der Waals surface area contributed by atoms with E-state index in [9.17, 15) is 14.7 Å². The van der Waals surface area contributed by atoms with E-state index in [1.807, 2.05) is 20.8 Å². The molecule has 108 valence electrons. The van der Waals surface area contributed by atoms with Crippen molar-refractivity contribution in [3.63, 3.8) is 0 Å². The van der Waals surface area contributed by atoms with Gasteiger partial charge in [0.25, 0.3) is 0 Å². The van der Waals surface area contributed by atoms with Crippen LogP contribution in [0, 0.1) is 11.8 Å². The van der Waals surface area contributed by atoms with Gasteiger partial charge in [0.1, 0.15) is 6.04 Å². The average molecular weight is 268 g/mol. The molecule has 2 N–H and O–H groups in total. The quantitative estimate of drug-likeness (QED) is 0.804. The van der Waals surface area contributed by atoms with Crippen LogP contribution >= 0.6 is 0 Å². The summed E-state index contributed by atoms with van der Waals surface area (Å²) in [4.78, 5) is 25.3. The fourth-order valence-electron chi connectivity index (χ4n) is 3.32. The zero-order chi connectivity index (χ0) is 14.2. The van der Waals surface area contributed by atoms with Crippen molar-refractivity contribution in [2.75, 3.05) is 13.1 Å². The molecule has 3 atom stereocenters. The largest absolute Gasteiger partial charge is 0.480 e. The molecule has 1 aliphatic carbocycles. The Morgan fingerprint density at radius 2 is 2.00 bits per heavy atom. The number of aliphatic carboxylic acids is 1. The first kappa shape index (κ1) is 14.3. The predicted octanol–water partition coefficient (Wildman–Crippen LogP) is 1.09. The molecular weight excluding hydrogens is 244 g/mol. The Balaban J connectivity index is 2.02. The summed E-state index contributed by atoms with van der Waals surface area (Å²) in [5.41, 5.74) is -0.135. The molecule has 0 aromatic carbocycles. The predicted molar refractivity (Wildman–Crippen MR) is 71.7 cm³/mol. The van der Waals surface area contributed by atoms with Crippen LogP contribution < -0.4 is 5.32 Å². The van der Waals surface area contributed by atoms with E-state index in [4.69, 9.17) is 0 Å². The number of carbonyl (C=O) groups excluding carboxylic acids is 1. The van der Waals surface area contributed by atoms with Gasteiger partial charge in [-0.05, 0) is 45.4 Å². The van der Waals surface area contributed by atoms with Crippen LogP contribution in [0.4, 0.5) is 0 Å². The number of carboxylic acid groups (broad SMARTS) is 1. The van der Waals surface area contributed by atoms with Gasteiger partial charge in [-0.3, -0.25) is 4.79 Å². The third-order valence-corrected chi connectivity index (χ3v) is 4.23. The lowest BCUT2D eigenvalue weighted by molar-refractivity contribution is -0.149. The molecular formula is C14H24N2O3. The van der Waals surface area contributed by atoms with Gasteiger partial charge in [-0.25, -0.2) is 4.79 Å². The highest BCUT2D eigenvalue weighted by molar-refractivity contribution is 5.86.